The van der Waals surface area contributed by atoms with Crippen LogP contribution in [0.5, 0.6) is 23.0 Å². The first-order valence-corrected chi connectivity index (χ1v) is 29.6. The Morgan fingerprint density at radius 3 is 2.58 bits per heavy atom. The molecule has 8 bridgehead atoms. The summed E-state index contributed by atoms with van der Waals surface area (Å²) in [6, 6.07) is 43.1. The zero-order valence-corrected chi connectivity index (χ0v) is 47.8. The number of phenols is 1. The smallest absolute Gasteiger partial charge is 0.204 e. The maximum absolute atomic E-state index is 15.3. The molecule has 6 aliphatic rings. The highest BCUT2D eigenvalue weighted by Crippen LogP contribution is 2.59. The van der Waals surface area contributed by atoms with Gasteiger partial charge in [-0.1, -0.05) is 134 Å². The molecule has 6 aromatic carbocycles. The molecule has 2 fully saturated rings. The van der Waals surface area contributed by atoms with Crippen molar-refractivity contribution >= 4 is 40.6 Å². The van der Waals surface area contributed by atoms with Gasteiger partial charge in [-0.3, -0.25) is 4.79 Å². The Hall–Kier alpha value is -9.00. The highest BCUT2D eigenvalue weighted by molar-refractivity contribution is 5.94. The fourth-order valence-corrected chi connectivity index (χ4v) is 14.1. The number of piperazine rings is 1. The van der Waals surface area contributed by atoms with Crippen LogP contribution in [-0.2, 0) is 24.7 Å². The number of H-pyrrole nitrogens is 1. The zero-order valence-electron chi connectivity index (χ0n) is 47.8. The number of hydrogen-bond acceptors (Lipinski definition) is 11. The molecule has 8 atom stereocenters. The van der Waals surface area contributed by atoms with E-state index in [1.54, 1.807) is 30.3 Å². The summed E-state index contributed by atoms with van der Waals surface area (Å²) >= 11 is 0. The van der Waals surface area contributed by atoms with E-state index in [2.05, 4.69) is 119 Å². The third-order valence-corrected chi connectivity index (χ3v) is 18.1. The molecule has 9 N–H and O–H groups in total. The second-order valence-electron chi connectivity index (χ2n) is 23.3. The van der Waals surface area contributed by atoms with Crippen molar-refractivity contribution in [3.8, 4) is 57.3 Å². The van der Waals surface area contributed by atoms with Crippen LogP contribution in [0.15, 0.2) is 160 Å². The Labute approximate surface area is 494 Å². The Kier molecular flexibility index (Phi) is 15.1. The van der Waals surface area contributed by atoms with E-state index in [4.69, 9.17) is 35.1 Å². The molecule has 14 nitrogen and oxygen atoms in total. The molecule has 6 heterocycles. The van der Waals surface area contributed by atoms with Crippen LogP contribution in [0.3, 0.4) is 0 Å². The van der Waals surface area contributed by atoms with Gasteiger partial charge in [-0.2, -0.15) is 0 Å². The predicted octanol–water partition coefficient (Wildman–Crippen LogP) is 10.7. The predicted molar refractivity (Wildman–Crippen MR) is 335 cm³/mol. The first-order chi connectivity index (χ1) is 41.5. The Morgan fingerprint density at radius 1 is 0.929 bits per heavy atom. The zero-order chi connectivity index (χ0) is 58.3. The average Bonchev–Trinajstić information content (AvgIpc) is 2.02. The fraction of sp³-hybridized carbons (Fsp3) is 0.296. The largest absolute Gasteiger partial charge is 0.508 e. The SMILES string of the molecule is CCc1cc2c([nH]1)N1CCNC3C#CC(Cc4cccc-2c4)c2c(c(OC)c(OCCC(O)C=Cc4ccccc4)c4c(=O)cc(-c5ccc(O)cc5)oc24)OCC(CO)Cc2ccc(cc2N=C(N)N)C2(CC4C=Cc5ccccc5C4C2)C31. The number of allylic oxidation sites excluding steroid dienone is 1. The van der Waals surface area contributed by atoms with E-state index in [1.165, 1.54) is 24.3 Å². The number of aromatic hydroxyl groups is 1. The number of aliphatic hydroxyl groups is 2. The lowest BCUT2D eigenvalue weighted by Gasteiger charge is -2.51. The molecule has 8 unspecified atom stereocenters. The third-order valence-electron chi connectivity index (χ3n) is 18.1. The van der Waals surface area contributed by atoms with E-state index in [1.807, 2.05) is 36.4 Å². The number of fused-ring (bicyclic) bond motifs is 14. The standard InChI is InChI=1S/C71H70N6O8/c1-3-52-36-56-47-14-9-12-43(32-47)33-49-22-27-58-68(77(30-29-74-58)69(56)75-52)71(38-50-18-17-45-13-7-8-15-55(45)57(50)39-71)51-23-19-48(59(35-51)76-70(72)73)34-44(40-78)41-84-65-62(49)64-63(60(81)37-61(85-64)46-20-25-53(79)26-21-46)66(67(65)82-2)83-31-28-54(80)24-16-42-10-5-4-6-11-42/h4-21,23-26,32,35-37,44,49-50,54,57-58,68,74-75,78-80H,3,28-31,33-34,38-41H2,1-2H3,(H4,72,73,76). The number of aryl methyl sites for hydroxylation is 1. The van der Waals surface area contributed by atoms with E-state index >= 15 is 4.79 Å². The monoisotopic (exact) mass is 1130 g/mol. The number of nitrogens with two attached hydrogens (primary N) is 2. The number of rotatable bonds is 11. The van der Waals surface area contributed by atoms with E-state index < -0.39 is 34.8 Å². The minimum atomic E-state index is -0.897. The summed E-state index contributed by atoms with van der Waals surface area (Å²) in [7, 11) is 1.51. The summed E-state index contributed by atoms with van der Waals surface area (Å²) in [5, 5.41) is 37.3. The summed E-state index contributed by atoms with van der Waals surface area (Å²) in [6.07, 6.45) is 10.6. The number of aliphatic hydroxyl groups excluding tert-OH is 2. The van der Waals surface area contributed by atoms with Gasteiger partial charge in [-0.05, 0) is 119 Å². The van der Waals surface area contributed by atoms with Crippen molar-refractivity contribution < 1.29 is 33.9 Å². The third kappa shape index (κ3) is 10.5. The molecule has 14 rings (SSSR count). The van der Waals surface area contributed by atoms with Gasteiger partial charge in [0.1, 0.15) is 22.7 Å². The van der Waals surface area contributed by atoms with Crippen LogP contribution in [0.1, 0.15) is 82.7 Å². The van der Waals surface area contributed by atoms with Crippen molar-refractivity contribution in [3.05, 3.63) is 200 Å². The summed E-state index contributed by atoms with van der Waals surface area (Å²) < 4.78 is 27.5. The molecule has 4 aliphatic heterocycles. The van der Waals surface area contributed by atoms with Crippen molar-refractivity contribution in [2.75, 3.05) is 44.9 Å². The van der Waals surface area contributed by atoms with Gasteiger partial charge in [0.2, 0.25) is 5.75 Å². The molecule has 85 heavy (non-hydrogen) atoms. The molecule has 1 spiro atoms. The van der Waals surface area contributed by atoms with Gasteiger partial charge in [0.05, 0.1) is 55.7 Å². The summed E-state index contributed by atoms with van der Waals surface area (Å²) in [5.74, 6) is 8.69. The molecule has 0 amide bonds. The lowest BCUT2D eigenvalue weighted by molar-refractivity contribution is 0.156. The Morgan fingerprint density at radius 2 is 1.76 bits per heavy atom. The van der Waals surface area contributed by atoms with E-state index in [0.29, 0.717) is 42.7 Å². The molecule has 1 saturated heterocycles. The van der Waals surface area contributed by atoms with Gasteiger partial charge < -0.3 is 60.6 Å². The number of nitrogens with one attached hydrogen (secondary N) is 2. The number of nitrogens with zero attached hydrogens (tertiary/aromatic N) is 2. The van der Waals surface area contributed by atoms with Crippen molar-refractivity contribution in [1.82, 2.24) is 10.3 Å². The highest BCUT2D eigenvalue weighted by Gasteiger charge is 2.56. The molecule has 14 heteroatoms. The minimum Gasteiger partial charge on any atom is -0.508 e. The van der Waals surface area contributed by atoms with Gasteiger partial charge in [-0.25, -0.2) is 4.99 Å². The number of guanidine groups is 1. The lowest BCUT2D eigenvalue weighted by atomic mass is 9.67. The molecule has 432 valence electrons. The Bertz CT molecular complexity index is 4040. The van der Waals surface area contributed by atoms with Crippen LogP contribution in [0, 0.1) is 23.7 Å². The van der Waals surface area contributed by atoms with Crippen LogP contribution in [0.2, 0.25) is 0 Å². The first kappa shape index (κ1) is 55.2. The van der Waals surface area contributed by atoms with Crippen molar-refractivity contribution in [3.63, 3.8) is 0 Å². The van der Waals surface area contributed by atoms with Gasteiger partial charge in [-0.15, -0.1) is 0 Å². The number of hydrogen-bond donors (Lipinski definition) is 7. The highest BCUT2D eigenvalue weighted by atomic mass is 16.5. The summed E-state index contributed by atoms with van der Waals surface area (Å²) in [4.78, 5) is 26.7. The number of aromatic amines is 1. The van der Waals surface area contributed by atoms with Gasteiger partial charge >= 0.3 is 0 Å². The van der Waals surface area contributed by atoms with Gasteiger partial charge in [0.25, 0.3) is 0 Å². The quantitative estimate of drug-likeness (QED) is 0.0366. The summed E-state index contributed by atoms with van der Waals surface area (Å²) in [5.41, 5.74) is 23.2. The molecular formula is C71H70N6O8. The average molecular weight is 1140 g/mol. The molecule has 8 aromatic rings. The lowest BCUT2D eigenvalue weighted by Crippen LogP contribution is -2.65. The van der Waals surface area contributed by atoms with Gasteiger partial charge in [0, 0.05) is 60.3 Å². The van der Waals surface area contributed by atoms with Crippen LogP contribution in [-0.4, -0.2) is 84.5 Å². The van der Waals surface area contributed by atoms with Gasteiger partial charge in [0.15, 0.2) is 28.5 Å². The van der Waals surface area contributed by atoms with Crippen LogP contribution < -0.4 is 41.3 Å². The Balaban J connectivity index is 1.08. The summed E-state index contributed by atoms with van der Waals surface area (Å²) in [6.45, 7) is 3.15. The van der Waals surface area contributed by atoms with E-state index in [0.717, 1.165) is 64.2 Å². The van der Waals surface area contributed by atoms with Crippen LogP contribution in [0.4, 0.5) is 11.5 Å². The van der Waals surface area contributed by atoms with Crippen molar-refractivity contribution in [1.29, 1.82) is 0 Å². The van der Waals surface area contributed by atoms with E-state index in [-0.39, 0.29) is 89.8 Å². The number of methoxy groups -OCH3 is 1. The topological polar surface area (TPSA) is 214 Å². The van der Waals surface area contributed by atoms with Crippen LogP contribution >= 0.6 is 0 Å². The normalized spacial score (nSPS) is 22.3. The second kappa shape index (κ2) is 23.2. The fourth-order valence-electron chi connectivity index (χ4n) is 14.1. The van der Waals surface area contributed by atoms with Crippen LogP contribution in [0.25, 0.3) is 45.6 Å². The second-order valence-corrected chi connectivity index (χ2v) is 23.3. The molecule has 1 saturated carbocycles. The first-order valence-electron chi connectivity index (χ1n) is 29.6. The molecule has 2 aliphatic carbocycles. The number of aliphatic imine (C=N–C) groups is 1. The number of phenolic OH excluding ortho intramolecular Hbond substituents is 1. The van der Waals surface area contributed by atoms with E-state index in [9.17, 15) is 15.3 Å². The number of aromatic nitrogens is 1. The molecule has 0 radical (unpaired) electrons. The molecule has 2 aromatic heterocycles. The van der Waals surface area contributed by atoms with Crippen molar-refractivity contribution in [2.45, 2.75) is 80.9 Å². The number of anilines is 1. The minimum absolute atomic E-state index is 0.0283. The maximum Gasteiger partial charge on any atom is 0.204 e. The number of ether oxygens (including phenoxy) is 3. The van der Waals surface area contributed by atoms with Crippen molar-refractivity contribution in [2.24, 2.45) is 28.3 Å². The number of benzene rings is 6. The maximum atomic E-state index is 15.3. The molecular weight excluding hydrogens is 1060 g/mol.